The van der Waals surface area contributed by atoms with E-state index in [2.05, 4.69) is 218 Å². The summed E-state index contributed by atoms with van der Waals surface area (Å²) in [6.45, 7) is 38.5. The lowest BCUT2D eigenvalue weighted by Crippen LogP contribution is -2.61. The van der Waals surface area contributed by atoms with Crippen LogP contribution in [0.5, 0.6) is 0 Å². The van der Waals surface area contributed by atoms with Crippen molar-refractivity contribution in [3.63, 3.8) is 0 Å². The van der Waals surface area contributed by atoms with E-state index in [9.17, 15) is 0 Å². The third-order valence-corrected chi connectivity index (χ3v) is 19.2. The van der Waals surface area contributed by atoms with Crippen LogP contribution < -0.4 is 31.8 Å². The van der Waals surface area contributed by atoms with Gasteiger partial charge in [-0.3, -0.25) is 0 Å². The van der Waals surface area contributed by atoms with Crippen molar-refractivity contribution in [3.8, 4) is 11.1 Å². The normalized spacial score (nSPS) is 20.2. The summed E-state index contributed by atoms with van der Waals surface area (Å²) < 4.78 is 7.72. The van der Waals surface area contributed by atoms with Gasteiger partial charge in [-0.15, -0.1) is 0 Å². The highest BCUT2D eigenvalue weighted by Crippen LogP contribution is 2.56. The van der Waals surface area contributed by atoms with E-state index >= 15 is 0 Å². The van der Waals surface area contributed by atoms with Crippen molar-refractivity contribution in [1.82, 2.24) is 0 Å². The van der Waals surface area contributed by atoms with Crippen LogP contribution in [0, 0.1) is 6.92 Å². The molecule has 7 aromatic rings. The first-order chi connectivity index (χ1) is 33.6. The molecule has 0 bridgehead atoms. The Hall–Kier alpha value is -5.41. The summed E-state index contributed by atoms with van der Waals surface area (Å²) in [7, 11) is 7.10. The molecule has 0 spiro atoms. The molecular weight excluding hydrogens is 870 g/mol. The van der Waals surface area contributed by atoms with E-state index in [1.54, 1.807) is 0 Å². The Labute approximate surface area is 433 Å². The van der Waals surface area contributed by atoms with Crippen molar-refractivity contribution in [2.45, 2.75) is 187 Å². The number of anilines is 6. The molecule has 3 aliphatic carbocycles. The second-order valence-electron chi connectivity index (χ2n) is 28.1. The van der Waals surface area contributed by atoms with Crippen molar-refractivity contribution in [2.24, 2.45) is 0 Å². The Morgan fingerprint density at radius 1 is 0.500 bits per heavy atom. The van der Waals surface area contributed by atoms with Crippen molar-refractivity contribution in [1.29, 1.82) is 0 Å². The lowest BCUT2D eigenvalue weighted by molar-refractivity contribution is 0.332. The Morgan fingerprint density at radius 2 is 1.03 bits per heavy atom. The van der Waals surface area contributed by atoms with Gasteiger partial charge in [-0.05, 0) is 199 Å². The summed E-state index contributed by atoms with van der Waals surface area (Å²) in [5.74, 6) is 0. The zero-order valence-electron chi connectivity index (χ0n) is 46.4. The van der Waals surface area contributed by atoms with Gasteiger partial charge >= 0.3 is 0 Å². The van der Waals surface area contributed by atoms with E-state index in [1.807, 2.05) is 0 Å². The Balaban J connectivity index is 1.23. The van der Waals surface area contributed by atoms with Gasteiger partial charge in [-0.25, -0.2) is 0 Å². The molecule has 3 heterocycles. The van der Waals surface area contributed by atoms with E-state index in [0.29, 0.717) is 0 Å². The fourth-order valence-electron chi connectivity index (χ4n) is 14.1. The van der Waals surface area contributed by atoms with Gasteiger partial charge in [-0.2, -0.15) is 0 Å². The molecule has 0 N–H and O–H groups in total. The maximum absolute atomic E-state index is 7.72. The molecular formula is C67H76B2N2O. The largest absolute Gasteiger partial charge is 0.468 e. The summed E-state index contributed by atoms with van der Waals surface area (Å²) in [6, 6.07) is 38.4. The number of hydrogen-bond donors (Lipinski definition) is 0. The third-order valence-electron chi connectivity index (χ3n) is 19.2. The number of aryl methyl sites for hydroxylation is 1. The molecule has 3 nitrogen and oxygen atoms in total. The maximum Gasteiger partial charge on any atom is 0.297 e. The van der Waals surface area contributed by atoms with E-state index in [-0.39, 0.29) is 44.6 Å². The van der Waals surface area contributed by atoms with Gasteiger partial charge in [0, 0.05) is 33.7 Å². The van der Waals surface area contributed by atoms with Crippen LogP contribution in [0.1, 0.15) is 187 Å². The van der Waals surface area contributed by atoms with Gasteiger partial charge in [0.05, 0.1) is 17.0 Å². The summed E-state index contributed by atoms with van der Waals surface area (Å²) in [4.78, 5) is 5.28. The molecule has 0 saturated carbocycles. The van der Waals surface area contributed by atoms with E-state index < -0.39 is 0 Å². The number of nitrogens with zero attached hydrogens (tertiary/aromatic N) is 2. The van der Waals surface area contributed by atoms with Crippen LogP contribution in [0.4, 0.5) is 34.1 Å². The standard InChI is InChI=1S/C67H76B2N2O/c1-39-31-55-58-56(32-39)71(54-37-49-47(64(9,10)27-29-66(49,13)14)35-43(54)42-19-17-18-20-51(42)68)53-24-21-40(61(2,3)4)33-52(53)69(58)60-59(44-36-48-50(38-57(44)72-60)67(15,16)30-28-65(48,11)12)70(55)41-22-23-45-46(34-41)63(7,8)26-25-62(45,5)6/h17-24,31-38H,25-30H2,1-16H3. The number of hydrogen-bond acceptors (Lipinski definition) is 3. The molecule has 1 aromatic heterocycles. The van der Waals surface area contributed by atoms with Gasteiger partial charge in [0.2, 0.25) is 0 Å². The topological polar surface area (TPSA) is 19.6 Å². The Bertz CT molecular complexity index is 3460. The second-order valence-corrected chi connectivity index (χ2v) is 28.1. The summed E-state index contributed by atoms with van der Waals surface area (Å²) >= 11 is 0. The minimum Gasteiger partial charge on any atom is -0.468 e. The molecule has 366 valence electrons. The van der Waals surface area contributed by atoms with Crippen LogP contribution in [0.25, 0.3) is 22.1 Å². The predicted molar refractivity (Wildman–Crippen MR) is 310 cm³/mol. The maximum atomic E-state index is 7.72. The molecule has 0 atom stereocenters. The van der Waals surface area contributed by atoms with Gasteiger partial charge < -0.3 is 14.2 Å². The number of fused-ring (bicyclic) bond motifs is 9. The van der Waals surface area contributed by atoms with Crippen molar-refractivity contribution in [3.05, 3.63) is 142 Å². The molecule has 0 fully saturated rings. The molecule has 0 saturated heterocycles. The Morgan fingerprint density at radius 3 is 1.62 bits per heavy atom. The molecule has 2 radical (unpaired) electrons. The lowest BCUT2D eigenvalue weighted by atomic mass is 9.35. The average molecular weight is 947 g/mol. The fourth-order valence-corrected chi connectivity index (χ4v) is 14.1. The molecule has 6 aromatic carbocycles. The molecule has 5 aliphatic rings. The number of benzene rings is 6. The van der Waals surface area contributed by atoms with E-state index in [0.717, 1.165) is 54.4 Å². The minimum absolute atomic E-state index is 0.0111. The first kappa shape index (κ1) is 47.6. The van der Waals surface area contributed by atoms with Gasteiger partial charge in [0.15, 0.2) is 0 Å². The Kier molecular flexibility index (Phi) is 9.98. The average Bonchev–Trinajstić information content (AvgIpc) is 3.68. The highest BCUT2D eigenvalue weighted by atomic mass is 16.3. The highest BCUT2D eigenvalue weighted by molar-refractivity contribution is 7.00. The number of rotatable bonds is 3. The third kappa shape index (κ3) is 6.90. The zero-order chi connectivity index (χ0) is 51.2. The van der Waals surface area contributed by atoms with Crippen LogP contribution >= 0.6 is 0 Å². The molecule has 2 aliphatic heterocycles. The fraction of sp³-hybridized carbons (Fsp3) is 0.433. The summed E-state index contributed by atoms with van der Waals surface area (Å²) in [5.41, 5.74) is 26.1. The first-order valence-corrected chi connectivity index (χ1v) is 27.3. The van der Waals surface area contributed by atoms with Crippen molar-refractivity contribution >= 4 is 81.7 Å². The van der Waals surface area contributed by atoms with Crippen molar-refractivity contribution in [2.75, 3.05) is 9.80 Å². The van der Waals surface area contributed by atoms with Gasteiger partial charge in [-0.1, -0.05) is 152 Å². The molecule has 12 rings (SSSR count). The minimum atomic E-state index is -0.160. The van der Waals surface area contributed by atoms with Crippen LogP contribution in [0.3, 0.4) is 0 Å². The number of furan rings is 1. The van der Waals surface area contributed by atoms with Crippen LogP contribution in [0.2, 0.25) is 0 Å². The monoisotopic (exact) mass is 947 g/mol. The SMILES string of the molecule is [B]c1ccccc1-c1cc2c(cc1N1c3ccc(C(C)(C)C)cc3B3c4oc5cc6c(cc5c4N(c4ccc5c(c4)C(C)(C)CCC5(C)C)c4cc(C)cc1c43)C(C)(C)CCC6(C)C)C(C)(C)CCC2(C)C. The lowest BCUT2D eigenvalue weighted by Gasteiger charge is -2.46. The molecule has 5 heteroatoms. The second kappa shape index (κ2) is 15.1. The molecule has 0 amide bonds. The van der Waals surface area contributed by atoms with Crippen LogP contribution in [0.15, 0.2) is 101 Å². The van der Waals surface area contributed by atoms with E-state index in [1.165, 1.54) is 107 Å². The van der Waals surface area contributed by atoms with E-state index in [4.69, 9.17) is 12.3 Å². The first-order valence-electron chi connectivity index (χ1n) is 27.3. The predicted octanol–water partition coefficient (Wildman–Crippen LogP) is 15.6. The van der Waals surface area contributed by atoms with Gasteiger partial charge in [0.25, 0.3) is 6.71 Å². The quantitative estimate of drug-likeness (QED) is 0.165. The molecule has 0 unspecified atom stereocenters. The highest BCUT2D eigenvalue weighted by Gasteiger charge is 2.50. The van der Waals surface area contributed by atoms with Crippen LogP contribution in [-0.2, 0) is 37.9 Å². The summed E-state index contributed by atoms with van der Waals surface area (Å²) in [5, 5.41) is 1.21. The zero-order valence-corrected chi connectivity index (χ0v) is 46.4. The smallest absolute Gasteiger partial charge is 0.297 e. The molecule has 72 heavy (non-hydrogen) atoms. The van der Waals surface area contributed by atoms with Crippen LogP contribution in [-0.4, -0.2) is 14.6 Å². The van der Waals surface area contributed by atoms with Gasteiger partial charge in [0.1, 0.15) is 13.4 Å². The van der Waals surface area contributed by atoms with Crippen molar-refractivity contribution < 1.29 is 4.42 Å². The summed E-state index contributed by atoms with van der Waals surface area (Å²) in [6.07, 6.45) is 6.89.